The maximum Gasteiger partial charge on any atom is 0.302 e. The van der Waals surface area contributed by atoms with Gasteiger partial charge in [-0.05, 0) is 6.92 Å². The average Bonchev–Trinajstić information content (AvgIpc) is 1.57. The lowest BCUT2D eigenvalue weighted by molar-refractivity contribution is 0.0187. The Kier molecular flexibility index (Phi) is 2.70. The van der Waals surface area contributed by atoms with E-state index in [1.807, 2.05) is 0 Å². The van der Waals surface area contributed by atoms with E-state index in [2.05, 4.69) is 0 Å². The minimum Gasteiger partial charge on any atom is -0.207 e. The molecule has 0 aromatic carbocycles. The molecule has 0 fully saturated rings. The van der Waals surface area contributed by atoms with Crippen LogP contribution in [0.4, 0.5) is 12.7 Å². The fraction of sp³-hybridized carbons (Fsp3) is 1.00. The first-order chi connectivity index (χ1) is 4.21. The van der Waals surface area contributed by atoms with Crippen LogP contribution in [0.25, 0.3) is 0 Å². The molecule has 0 heterocycles. The first kappa shape index (κ1) is 9.74. The molecule has 0 bridgehead atoms. The molecule has 62 valence electrons. The van der Waals surface area contributed by atoms with Crippen LogP contribution in [-0.4, -0.2) is 20.1 Å². The van der Waals surface area contributed by atoms with Crippen LogP contribution in [0.5, 0.6) is 0 Å². The molecule has 0 aliphatic carbocycles. The average molecular weight is 176 g/mol. The molecule has 0 radical (unpaired) electrons. The number of alkyl halides is 2. The summed E-state index contributed by atoms with van der Waals surface area (Å²) < 4.78 is 54.6. The highest BCUT2D eigenvalue weighted by Crippen LogP contribution is 2.17. The fourth-order valence-corrected chi connectivity index (χ4v) is 0.903. The van der Waals surface area contributed by atoms with Gasteiger partial charge in [0, 0.05) is 6.42 Å². The van der Waals surface area contributed by atoms with Crippen LogP contribution in [0.15, 0.2) is 0 Å². The molecule has 10 heavy (non-hydrogen) atoms. The molecule has 0 atom stereocenters. The van der Waals surface area contributed by atoms with Gasteiger partial charge in [0.2, 0.25) is 5.92 Å². The summed E-state index contributed by atoms with van der Waals surface area (Å²) in [5.41, 5.74) is 0. The molecule has 2 nitrogen and oxygen atoms in total. The van der Waals surface area contributed by atoms with Crippen LogP contribution in [0.3, 0.4) is 0 Å². The topological polar surface area (TPSA) is 34.1 Å². The van der Waals surface area contributed by atoms with E-state index in [9.17, 15) is 21.1 Å². The maximum atomic E-state index is 11.8. The monoisotopic (exact) mass is 176 g/mol. The van der Waals surface area contributed by atoms with Gasteiger partial charge in [0.15, 0.2) is 0 Å². The van der Waals surface area contributed by atoms with Crippen molar-refractivity contribution in [2.24, 2.45) is 0 Å². The summed E-state index contributed by atoms with van der Waals surface area (Å²) in [7, 11) is -4.74. The quantitative estimate of drug-likeness (QED) is 0.608. The van der Waals surface area contributed by atoms with E-state index in [0.29, 0.717) is 6.92 Å². The molecule has 0 saturated heterocycles. The van der Waals surface area contributed by atoms with Gasteiger partial charge in [-0.1, -0.05) is 0 Å². The summed E-state index contributed by atoms with van der Waals surface area (Å²) in [6, 6.07) is 0. The van der Waals surface area contributed by atoms with Crippen molar-refractivity contribution in [1.29, 1.82) is 0 Å². The lowest BCUT2D eigenvalue weighted by Crippen LogP contribution is -2.14. The Balaban J connectivity index is 3.79. The van der Waals surface area contributed by atoms with Gasteiger partial charge in [0.25, 0.3) is 0 Å². The van der Waals surface area contributed by atoms with E-state index >= 15 is 0 Å². The van der Waals surface area contributed by atoms with Crippen molar-refractivity contribution in [2.45, 2.75) is 19.3 Å². The third-order valence-electron chi connectivity index (χ3n) is 0.785. The highest BCUT2D eigenvalue weighted by molar-refractivity contribution is 7.86. The molecule has 0 amide bonds. The molecule has 0 spiro atoms. The lowest BCUT2D eigenvalue weighted by Gasteiger charge is -2.06. The summed E-state index contributed by atoms with van der Waals surface area (Å²) in [6.45, 7) is 0.540. The van der Waals surface area contributed by atoms with Crippen LogP contribution < -0.4 is 0 Å². The van der Waals surface area contributed by atoms with Gasteiger partial charge in [-0.3, -0.25) is 0 Å². The predicted molar refractivity (Wildman–Crippen MR) is 30.1 cm³/mol. The summed E-state index contributed by atoms with van der Waals surface area (Å²) in [4.78, 5) is 0. The first-order valence-corrected chi connectivity index (χ1v) is 4.06. The third-order valence-corrected chi connectivity index (χ3v) is 1.48. The van der Waals surface area contributed by atoms with E-state index in [0.717, 1.165) is 0 Å². The molecule has 0 aromatic rings. The van der Waals surface area contributed by atoms with Gasteiger partial charge in [-0.25, -0.2) is 8.78 Å². The van der Waals surface area contributed by atoms with Gasteiger partial charge in [-0.15, -0.1) is 3.89 Å². The zero-order valence-electron chi connectivity index (χ0n) is 5.27. The van der Waals surface area contributed by atoms with Crippen molar-refractivity contribution in [3.63, 3.8) is 0 Å². The zero-order valence-corrected chi connectivity index (χ0v) is 6.09. The third kappa shape index (κ3) is 7.74. The second-order valence-corrected chi connectivity index (χ2v) is 3.55. The van der Waals surface area contributed by atoms with E-state index < -0.39 is 28.3 Å². The Morgan fingerprint density at radius 2 is 1.80 bits per heavy atom. The molecular formula is C4H7F3O2S. The number of hydrogen-bond donors (Lipinski definition) is 0. The molecule has 0 aliphatic heterocycles. The number of rotatable bonds is 3. The smallest absolute Gasteiger partial charge is 0.207 e. The maximum absolute atomic E-state index is 11.8. The minimum absolute atomic E-state index is 0.540. The van der Waals surface area contributed by atoms with Crippen LogP contribution in [0.2, 0.25) is 0 Å². The Morgan fingerprint density at radius 3 is 1.90 bits per heavy atom. The van der Waals surface area contributed by atoms with Gasteiger partial charge in [0.1, 0.15) is 0 Å². The normalized spacial score (nSPS) is 13.6. The van der Waals surface area contributed by atoms with Gasteiger partial charge in [-0.2, -0.15) is 8.42 Å². The fourth-order valence-electron chi connectivity index (χ4n) is 0.301. The first-order valence-electron chi connectivity index (χ1n) is 2.51. The lowest BCUT2D eigenvalue weighted by atomic mass is 10.3. The Bertz CT molecular complexity index is 191. The summed E-state index contributed by atoms with van der Waals surface area (Å²) in [5, 5.41) is 0. The van der Waals surface area contributed by atoms with Gasteiger partial charge < -0.3 is 0 Å². The molecule has 0 rings (SSSR count). The standard InChI is InChI=1S/C4H7F3O2S/c1-4(5,6)2-3-10(7,8)9/h2-3H2,1H3. The Hall–Kier alpha value is -0.260. The van der Waals surface area contributed by atoms with E-state index in [-0.39, 0.29) is 0 Å². The van der Waals surface area contributed by atoms with Gasteiger partial charge >= 0.3 is 10.2 Å². The van der Waals surface area contributed by atoms with Crippen LogP contribution in [0, 0.1) is 0 Å². The largest absolute Gasteiger partial charge is 0.302 e. The van der Waals surface area contributed by atoms with Crippen molar-refractivity contribution in [3.8, 4) is 0 Å². The van der Waals surface area contributed by atoms with Crippen molar-refractivity contribution in [2.75, 3.05) is 5.75 Å². The number of hydrogen-bond acceptors (Lipinski definition) is 2. The highest BCUT2D eigenvalue weighted by atomic mass is 32.3. The van der Waals surface area contributed by atoms with Crippen LogP contribution >= 0.6 is 0 Å². The van der Waals surface area contributed by atoms with Crippen molar-refractivity contribution < 1.29 is 21.1 Å². The summed E-state index contributed by atoms with van der Waals surface area (Å²) in [5.74, 6) is -4.23. The predicted octanol–water partition coefficient (Wildman–Crippen LogP) is 1.33. The molecular weight excluding hydrogens is 169 g/mol. The summed E-state index contributed by atoms with van der Waals surface area (Å²) >= 11 is 0. The van der Waals surface area contributed by atoms with E-state index in [1.54, 1.807) is 0 Å². The molecule has 0 saturated carbocycles. The SMILES string of the molecule is CC(F)(F)CCS(=O)(=O)F. The second-order valence-electron chi connectivity index (χ2n) is 2.06. The van der Waals surface area contributed by atoms with Crippen molar-refractivity contribution in [3.05, 3.63) is 0 Å². The van der Waals surface area contributed by atoms with Gasteiger partial charge in [0.05, 0.1) is 5.75 Å². The van der Waals surface area contributed by atoms with E-state index in [1.165, 1.54) is 0 Å². The number of halogens is 3. The molecule has 0 aliphatic rings. The zero-order chi connectivity index (χ0) is 8.41. The summed E-state index contributed by atoms with van der Waals surface area (Å²) in [6.07, 6.45) is -0.966. The van der Waals surface area contributed by atoms with Crippen LogP contribution in [-0.2, 0) is 10.2 Å². The highest BCUT2D eigenvalue weighted by Gasteiger charge is 2.24. The van der Waals surface area contributed by atoms with Crippen molar-refractivity contribution >= 4 is 10.2 Å². The second kappa shape index (κ2) is 2.77. The van der Waals surface area contributed by atoms with E-state index in [4.69, 9.17) is 0 Å². The molecule has 0 unspecified atom stereocenters. The Labute approximate surface area is 57.3 Å². The molecule has 0 N–H and O–H groups in total. The molecule has 6 heteroatoms. The Morgan fingerprint density at radius 1 is 1.40 bits per heavy atom. The minimum atomic E-state index is -4.74. The van der Waals surface area contributed by atoms with Crippen LogP contribution in [0.1, 0.15) is 13.3 Å². The van der Waals surface area contributed by atoms with Crippen molar-refractivity contribution in [1.82, 2.24) is 0 Å². The molecule has 0 aromatic heterocycles.